The van der Waals surface area contributed by atoms with Gasteiger partial charge in [-0.05, 0) is 25.8 Å². The topological polar surface area (TPSA) is 119 Å². The van der Waals surface area contributed by atoms with Crippen LogP contribution in [0, 0.1) is 6.92 Å². The number of primary amides is 1. The van der Waals surface area contributed by atoms with Gasteiger partial charge in [0.25, 0.3) is 0 Å². The Hall–Kier alpha value is -1.93. The van der Waals surface area contributed by atoms with Gasteiger partial charge in [-0.2, -0.15) is 4.98 Å². The van der Waals surface area contributed by atoms with Crippen LogP contribution in [0.5, 0.6) is 0 Å². The van der Waals surface area contributed by atoms with E-state index < -0.39 is 0 Å². The standard InChI is InChI=1S/C12H18N6OS/c1-7-6-8-10(15-5-3-2-4-9(13)19)16-12(18-14)17-11(8)20-7/h6H,2-5,14H2,1H3,(H2,13,19)(H2,15,16,17,18). The van der Waals surface area contributed by atoms with Crippen molar-refractivity contribution in [3.8, 4) is 0 Å². The molecule has 7 nitrogen and oxygen atoms in total. The number of hydrogen-bond acceptors (Lipinski definition) is 7. The molecule has 6 N–H and O–H groups in total. The molecule has 2 aromatic rings. The normalized spacial score (nSPS) is 10.7. The number of carbonyl (C=O) groups excluding carboxylic acids is 1. The van der Waals surface area contributed by atoms with Crippen molar-refractivity contribution in [2.45, 2.75) is 26.2 Å². The van der Waals surface area contributed by atoms with Gasteiger partial charge in [0.15, 0.2) is 0 Å². The van der Waals surface area contributed by atoms with Gasteiger partial charge in [0.2, 0.25) is 11.9 Å². The molecule has 0 unspecified atom stereocenters. The monoisotopic (exact) mass is 294 g/mol. The molecule has 2 aromatic heterocycles. The van der Waals surface area contributed by atoms with Crippen LogP contribution in [-0.4, -0.2) is 22.4 Å². The van der Waals surface area contributed by atoms with E-state index in [-0.39, 0.29) is 5.91 Å². The summed E-state index contributed by atoms with van der Waals surface area (Å²) in [6.45, 7) is 2.75. The Balaban J connectivity index is 2.06. The summed E-state index contributed by atoms with van der Waals surface area (Å²) in [7, 11) is 0. The van der Waals surface area contributed by atoms with Crippen LogP contribution in [0.15, 0.2) is 6.07 Å². The first-order valence-electron chi connectivity index (χ1n) is 6.37. The van der Waals surface area contributed by atoms with E-state index in [1.165, 1.54) is 4.88 Å². The molecule has 2 heterocycles. The molecular weight excluding hydrogens is 276 g/mol. The maximum atomic E-state index is 10.7. The van der Waals surface area contributed by atoms with Crippen molar-refractivity contribution in [3.05, 3.63) is 10.9 Å². The molecule has 1 amide bonds. The molecule has 108 valence electrons. The van der Waals surface area contributed by atoms with Crippen molar-refractivity contribution in [3.63, 3.8) is 0 Å². The third-order valence-electron chi connectivity index (χ3n) is 2.79. The molecule has 0 aliphatic heterocycles. The van der Waals surface area contributed by atoms with Gasteiger partial charge in [-0.15, -0.1) is 11.3 Å². The first-order valence-corrected chi connectivity index (χ1v) is 7.19. The zero-order chi connectivity index (χ0) is 14.5. The second kappa shape index (κ2) is 6.49. The first-order chi connectivity index (χ1) is 9.60. The summed E-state index contributed by atoms with van der Waals surface area (Å²) in [6, 6.07) is 2.05. The van der Waals surface area contributed by atoms with Crippen LogP contribution < -0.4 is 22.3 Å². The number of hydrazine groups is 1. The number of thiophene rings is 1. The fraction of sp³-hybridized carbons (Fsp3) is 0.417. The van der Waals surface area contributed by atoms with Crippen LogP contribution in [-0.2, 0) is 4.79 Å². The Morgan fingerprint density at radius 2 is 2.20 bits per heavy atom. The molecule has 0 fully saturated rings. The van der Waals surface area contributed by atoms with Gasteiger partial charge >= 0.3 is 0 Å². The molecule has 0 bridgehead atoms. The van der Waals surface area contributed by atoms with Gasteiger partial charge in [-0.3, -0.25) is 10.2 Å². The van der Waals surface area contributed by atoms with Gasteiger partial charge in [-0.25, -0.2) is 10.8 Å². The number of nitrogens with two attached hydrogens (primary N) is 2. The molecule has 0 saturated carbocycles. The summed E-state index contributed by atoms with van der Waals surface area (Å²) in [5, 5.41) is 4.24. The molecule has 0 aliphatic rings. The largest absolute Gasteiger partial charge is 0.370 e. The molecule has 0 spiro atoms. The van der Waals surface area contributed by atoms with E-state index in [0.717, 1.165) is 35.4 Å². The minimum Gasteiger partial charge on any atom is -0.370 e. The number of amides is 1. The maximum Gasteiger partial charge on any atom is 0.240 e. The Labute approximate surface area is 120 Å². The summed E-state index contributed by atoms with van der Waals surface area (Å²) < 4.78 is 0. The zero-order valence-electron chi connectivity index (χ0n) is 11.3. The number of unbranched alkanes of at least 4 members (excludes halogenated alkanes) is 1. The van der Waals surface area contributed by atoms with Crippen molar-refractivity contribution in [2.75, 3.05) is 17.3 Å². The van der Waals surface area contributed by atoms with E-state index in [2.05, 4.69) is 20.7 Å². The van der Waals surface area contributed by atoms with Crippen LogP contribution >= 0.6 is 11.3 Å². The van der Waals surface area contributed by atoms with Crippen molar-refractivity contribution < 1.29 is 4.79 Å². The molecular formula is C12H18N6OS. The second-order valence-corrected chi connectivity index (χ2v) is 5.70. The lowest BCUT2D eigenvalue weighted by molar-refractivity contribution is -0.118. The minimum absolute atomic E-state index is 0.266. The van der Waals surface area contributed by atoms with E-state index in [4.69, 9.17) is 11.6 Å². The first kappa shape index (κ1) is 14.5. The summed E-state index contributed by atoms with van der Waals surface area (Å²) in [5.41, 5.74) is 7.57. The lowest BCUT2D eigenvalue weighted by Crippen LogP contribution is -2.13. The Bertz CT molecular complexity index is 611. The van der Waals surface area contributed by atoms with E-state index in [9.17, 15) is 4.79 Å². The number of nitrogens with one attached hydrogen (secondary N) is 2. The zero-order valence-corrected chi connectivity index (χ0v) is 12.1. The quantitative estimate of drug-likeness (QED) is 0.348. The third kappa shape index (κ3) is 3.55. The maximum absolute atomic E-state index is 10.7. The molecule has 20 heavy (non-hydrogen) atoms. The van der Waals surface area contributed by atoms with E-state index >= 15 is 0 Å². The van der Waals surface area contributed by atoms with Gasteiger partial charge < -0.3 is 11.1 Å². The summed E-state index contributed by atoms with van der Waals surface area (Å²) >= 11 is 1.60. The Morgan fingerprint density at radius 1 is 1.40 bits per heavy atom. The fourth-order valence-electron chi connectivity index (χ4n) is 1.87. The number of hydrogen-bond donors (Lipinski definition) is 4. The van der Waals surface area contributed by atoms with Crippen LogP contribution in [0.2, 0.25) is 0 Å². The smallest absolute Gasteiger partial charge is 0.240 e. The molecule has 0 aromatic carbocycles. The van der Waals surface area contributed by atoms with E-state index in [1.54, 1.807) is 11.3 Å². The summed E-state index contributed by atoms with van der Waals surface area (Å²) in [4.78, 5) is 21.3. The van der Waals surface area contributed by atoms with Crippen molar-refractivity contribution in [1.82, 2.24) is 9.97 Å². The van der Waals surface area contributed by atoms with Gasteiger partial charge in [-0.1, -0.05) is 0 Å². The average molecular weight is 294 g/mol. The van der Waals surface area contributed by atoms with Crippen LogP contribution in [0.3, 0.4) is 0 Å². The van der Waals surface area contributed by atoms with Crippen molar-refractivity contribution in [1.29, 1.82) is 0 Å². The number of aromatic nitrogens is 2. The molecule has 2 rings (SSSR count). The van der Waals surface area contributed by atoms with Gasteiger partial charge in [0, 0.05) is 17.8 Å². The minimum atomic E-state index is -0.266. The highest BCUT2D eigenvalue weighted by molar-refractivity contribution is 7.18. The number of nitrogens with zero attached hydrogens (tertiary/aromatic N) is 2. The highest BCUT2D eigenvalue weighted by Crippen LogP contribution is 2.29. The second-order valence-electron chi connectivity index (χ2n) is 4.47. The number of rotatable bonds is 7. The number of aryl methyl sites for hydroxylation is 1. The molecule has 8 heteroatoms. The van der Waals surface area contributed by atoms with E-state index in [1.807, 2.05) is 13.0 Å². The summed E-state index contributed by atoms with van der Waals surface area (Å²) in [6.07, 6.45) is 2.03. The van der Waals surface area contributed by atoms with Crippen LogP contribution in [0.1, 0.15) is 24.1 Å². The average Bonchev–Trinajstić information content (AvgIpc) is 2.78. The highest BCUT2D eigenvalue weighted by Gasteiger charge is 2.09. The number of carbonyl (C=O) groups is 1. The Morgan fingerprint density at radius 3 is 2.90 bits per heavy atom. The van der Waals surface area contributed by atoms with Crippen molar-refractivity contribution >= 4 is 39.2 Å². The molecule has 0 atom stereocenters. The van der Waals surface area contributed by atoms with Gasteiger partial charge in [0.05, 0.1) is 5.39 Å². The number of nitrogen functional groups attached to an aromatic ring is 1. The SMILES string of the molecule is Cc1cc2c(NCCCCC(N)=O)nc(NN)nc2s1. The third-order valence-corrected chi connectivity index (χ3v) is 3.73. The van der Waals surface area contributed by atoms with Crippen molar-refractivity contribution in [2.24, 2.45) is 11.6 Å². The highest BCUT2D eigenvalue weighted by atomic mass is 32.1. The summed E-state index contributed by atoms with van der Waals surface area (Å²) in [5.74, 6) is 6.25. The van der Waals surface area contributed by atoms with Crippen LogP contribution in [0.4, 0.5) is 11.8 Å². The van der Waals surface area contributed by atoms with Crippen LogP contribution in [0.25, 0.3) is 10.2 Å². The molecule has 0 saturated heterocycles. The lowest BCUT2D eigenvalue weighted by Gasteiger charge is -2.08. The van der Waals surface area contributed by atoms with Gasteiger partial charge in [0.1, 0.15) is 10.6 Å². The van der Waals surface area contributed by atoms with E-state index in [0.29, 0.717) is 12.4 Å². The predicted molar refractivity (Wildman–Crippen MR) is 81.5 cm³/mol. The number of fused-ring (bicyclic) bond motifs is 1. The predicted octanol–water partition coefficient (Wildman–Crippen LogP) is 1.35. The lowest BCUT2D eigenvalue weighted by atomic mass is 10.2. The molecule has 0 aliphatic carbocycles. The number of anilines is 2. The molecule has 0 radical (unpaired) electrons. The Kier molecular flexibility index (Phi) is 4.70. The fourth-order valence-corrected chi connectivity index (χ4v) is 2.75.